The zero-order valence-electron chi connectivity index (χ0n) is 10.3. The molecular weight excluding hydrogens is 256 g/mol. The fourth-order valence-electron chi connectivity index (χ4n) is 2.05. The Bertz CT molecular complexity index is 544. The third-order valence-corrected chi connectivity index (χ3v) is 4.62. The van der Waals surface area contributed by atoms with Crippen LogP contribution in [0, 0.1) is 13.8 Å². The summed E-state index contributed by atoms with van der Waals surface area (Å²) < 4.78 is 26.7. The molecule has 100 valence electrons. The predicted octanol–water partition coefficient (Wildman–Crippen LogP) is -0.417. The molecule has 0 aliphatic carbocycles. The molecule has 1 saturated heterocycles. The van der Waals surface area contributed by atoms with Gasteiger partial charge in [-0.05, 0) is 20.3 Å². The van der Waals surface area contributed by atoms with Crippen LogP contribution in [0.25, 0.3) is 0 Å². The van der Waals surface area contributed by atoms with E-state index in [1.165, 1.54) is 0 Å². The second kappa shape index (κ2) is 4.69. The molecule has 0 saturated carbocycles. The topological polar surface area (TPSA) is 104 Å². The van der Waals surface area contributed by atoms with Gasteiger partial charge in [0, 0.05) is 19.0 Å². The molecule has 1 atom stereocenters. The Labute approximate surface area is 105 Å². The molecule has 1 unspecified atom stereocenters. The number of aryl methyl sites for hydroxylation is 2. The first kappa shape index (κ1) is 13.0. The number of amides is 1. The van der Waals surface area contributed by atoms with Gasteiger partial charge in [-0.2, -0.15) is 5.10 Å². The predicted molar refractivity (Wildman–Crippen MR) is 64.4 cm³/mol. The average molecular weight is 272 g/mol. The van der Waals surface area contributed by atoms with Gasteiger partial charge in [-0.1, -0.05) is 0 Å². The van der Waals surface area contributed by atoms with E-state index in [2.05, 4.69) is 20.2 Å². The third-order valence-electron chi connectivity index (χ3n) is 2.93. The van der Waals surface area contributed by atoms with Crippen molar-refractivity contribution in [3.63, 3.8) is 0 Å². The quantitative estimate of drug-likeness (QED) is 0.692. The molecule has 18 heavy (non-hydrogen) atoms. The van der Waals surface area contributed by atoms with Crippen molar-refractivity contribution in [3.05, 3.63) is 11.4 Å². The Morgan fingerprint density at radius 1 is 1.44 bits per heavy atom. The molecule has 8 heteroatoms. The van der Waals surface area contributed by atoms with Gasteiger partial charge in [-0.25, -0.2) is 13.1 Å². The molecule has 7 nitrogen and oxygen atoms in total. The summed E-state index contributed by atoms with van der Waals surface area (Å²) in [6.45, 7) is 3.50. The lowest BCUT2D eigenvalue weighted by Crippen LogP contribution is -2.38. The van der Waals surface area contributed by atoms with Crippen molar-refractivity contribution >= 4 is 15.9 Å². The largest absolute Gasteiger partial charge is 0.352 e. The number of aromatic nitrogens is 2. The van der Waals surface area contributed by atoms with Gasteiger partial charge in [0.25, 0.3) is 0 Å². The van der Waals surface area contributed by atoms with Crippen molar-refractivity contribution in [3.8, 4) is 0 Å². The van der Waals surface area contributed by atoms with Crippen LogP contribution in [0.2, 0.25) is 0 Å². The van der Waals surface area contributed by atoms with Crippen molar-refractivity contribution in [1.29, 1.82) is 0 Å². The lowest BCUT2D eigenvalue weighted by atomic mass is 10.2. The summed E-state index contributed by atoms with van der Waals surface area (Å²) in [6.07, 6.45) is 1.11. The van der Waals surface area contributed by atoms with Crippen molar-refractivity contribution < 1.29 is 13.2 Å². The van der Waals surface area contributed by atoms with Crippen LogP contribution in [0.3, 0.4) is 0 Å². The molecule has 0 spiro atoms. The normalized spacial score (nSPS) is 20.1. The first-order valence-electron chi connectivity index (χ1n) is 5.71. The fraction of sp³-hybridized carbons (Fsp3) is 0.600. The number of rotatable bonds is 4. The van der Waals surface area contributed by atoms with Crippen LogP contribution in [0.15, 0.2) is 4.90 Å². The van der Waals surface area contributed by atoms with Crippen molar-refractivity contribution in [2.24, 2.45) is 0 Å². The lowest BCUT2D eigenvalue weighted by molar-refractivity contribution is -0.119. The molecule has 2 heterocycles. The summed E-state index contributed by atoms with van der Waals surface area (Å²) in [5.41, 5.74) is 0.950. The van der Waals surface area contributed by atoms with E-state index in [0.29, 0.717) is 24.2 Å². The van der Waals surface area contributed by atoms with Crippen LogP contribution in [0.5, 0.6) is 0 Å². The standard InChI is InChI=1S/C10H16N4O3S/c1-6-10(7(2)14-13-6)18(16,17)11-5-8-3-4-9(15)12-8/h8,11H,3-5H2,1-2H3,(H,12,15)(H,13,14). The van der Waals surface area contributed by atoms with Gasteiger partial charge in [0.15, 0.2) is 0 Å². The minimum atomic E-state index is -3.58. The van der Waals surface area contributed by atoms with E-state index in [9.17, 15) is 13.2 Å². The van der Waals surface area contributed by atoms with Crippen LogP contribution >= 0.6 is 0 Å². The highest BCUT2D eigenvalue weighted by atomic mass is 32.2. The van der Waals surface area contributed by atoms with Gasteiger partial charge in [0.2, 0.25) is 15.9 Å². The van der Waals surface area contributed by atoms with E-state index >= 15 is 0 Å². The van der Waals surface area contributed by atoms with E-state index in [1.54, 1.807) is 13.8 Å². The summed E-state index contributed by atoms with van der Waals surface area (Å²) >= 11 is 0. The van der Waals surface area contributed by atoms with E-state index in [0.717, 1.165) is 0 Å². The molecule has 1 aromatic heterocycles. The van der Waals surface area contributed by atoms with E-state index in [1.807, 2.05) is 0 Å². The van der Waals surface area contributed by atoms with Gasteiger partial charge in [0.1, 0.15) is 4.90 Å². The lowest BCUT2D eigenvalue weighted by Gasteiger charge is -2.11. The number of nitrogens with zero attached hydrogens (tertiary/aromatic N) is 1. The molecule has 3 N–H and O–H groups in total. The van der Waals surface area contributed by atoms with Crippen LogP contribution in [-0.4, -0.2) is 37.1 Å². The van der Waals surface area contributed by atoms with Crippen LogP contribution < -0.4 is 10.0 Å². The maximum Gasteiger partial charge on any atom is 0.244 e. The van der Waals surface area contributed by atoms with Crippen molar-refractivity contribution in [2.75, 3.05) is 6.54 Å². The number of nitrogens with one attached hydrogen (secondary N) is 3. The van der Waals surface area contributed by atoms with Crippen LogP contribution in [-0.2, 0) is 14.8 Å². The molecule has 2 rings (SSSR count). The highest BCUT2D eigenvalue weighted by molar-refractivity contribution is 7.89. The Kier molecular flexibility index (Phi) is 3.40. The monoisotopic (exact) mass is 272 g/mol. The first-order chi connectivity index (χ1) is 8.40. The molecule has 1 aliphatic rings. The van der Waals surface area contributed by atoms with Gasteiger partial charge in [-0.3, -0.25) is 9.89 Å². The number of sulfonamides is 1. The summed E-state index contributed by atoms with van der Waals surface area (Å²) in [5, 5.41) is 9.21. The second-order valence-corrected chi connectivity index (χ2v) is 6.12. The van der Waals surface area contributed by atoms with Crippen LogP contribution in [0.4, 0.5) is 0 Å². The zero-order valence-corrected chi connectivity index (χ0v) is 11.1. The number of H-pyrrole nitrogens is 1. The molecule has 1 fully saturated rings. The molecule has 1 amide bonds. The molecule has 0 aromatic carbocycles. The Morgan fingerprint density at radius 3 is 2.67 bits per heavy atom. The third kappa shape index (κ3) is 2.54. The summed E-state index contributed by atoms with van der Waals surface area (Å²) in [6, 6.07) is -0.125. The first-order valence-corrected chi connectivity index (χ1v) is 7.19. The van der Waals surface area contributed by atoms with Gasteiger partial charge >= 0.3 is 0 Å². The minimum absolute atomic E-state index is 0.0325. The zero-order chi connectivity index (χ0) is 13.3. The summed E-state index contributed by atoms with van der Waals surface area (Å²) in [4.78, 5) is 11.2. The maximum atomic E-state index is 12.1. The highest BCUT2D eigenvalue weighted by Gasteiger charge is 2.26. The van der Waals surface area contributed by atoms with Crippen LogP contribution in [0.1, 0.15) is 24.2 Å². The van der Waals surface area contributed by atoms with Gasteiger partial charge in [0.05, 0.1) is 11.4 Å². The number of hydrogen-bond donors (Lipinski definition) is 3. The fourth-order valence-corrected chi connectivity index (χ4v) is 3.50. The highest BCUT2D eigenvalue weighted by Crippen LogP contribution is 2.16. The molecule has 0 bridgehead atoms. The minimum Gasteiger partial charge on any atom is -0.352 e. The van der Waals surface area contributed by atoms with E-state index in [4.69, 9.17) is 0 Å². The second-order valence-electron chi connectivity index (χ2n) is 4.42. The molecular formula is C10H16N4O3S. The Balaban J connectivity index is 2.06. The van der Waals surface area contributed by atoms with E-state index in [-0.39, 0.29) is 23.4 Å². The summed E-state index contributed by atoms with van der Waals surface area (Å²) in [5.74, 6) is -0.0325. The average Bonchev–Trinajstić information content (AvgIpc) is 2.83. The summed E-state index contributed by atoms with van der Waals surface area (Å²) in [7, 11) is -3.58. The van der Waals surface area contributed by atoms with Crippen molar-refractivity contribution in [1.82, 2.24) is 20.2 Å². The van der Waals surface area contributed by atoms with Gasteiger partial charge < -0.3 is 5.32 Å². The smallest absolute Gasteiger partial charge is 0.244 e. The molecule has 0 radical (unpaired) electrons. The maximum absolute atomic E-state index is 12.1. The number of hydrogen-bond acceptors (Lipinski definition) is 4. The SMILES string of the molecule is Cc1n[nH]c(C)c1S(=O)(=O)NCC1CCC(=O)N1. The van der Waals surface area contributed by atoms with E-state index < -0.39 is 10.0 Å². The molecule has 1 aliphatic heterocycles. The Morgan fingerprint density at radius 2 is 2.17 bits per heavy atom. The molecule has 1 aromatic rings. The number of carbonyl (C=O) groups is 1. The number of carbonyl (C=O) groups excluding carboxylic acids is 1. The Hall–Kier alpha value is -1.41. The van der Waals surface area contributed by atoms with Gasteiger partial charge in [-0.15, -0.1) is 0 Å². The number of aromatic amines is 1. The van der Waals surface area contributed by atoms with Crippen molar-refractivity contribution in [2.45, 2.75) is 37.6 Å².